The fourth-order valence-corrected chi connectivity index (χ4v) is 3.29. The molecule has 1 aliphatic rings. The van der Waals surface area contributed by atoms with Gasteiger partial charge in [-0.15, -0.1) is 10.2 Å². The summed E-state index contributed by atoms with van der Waals surface area (Å²) in [7, 11) is 0. The molecular formula is C13H13N5O5S. The van der Waals surface area contributed by atoms with Crippen molar-refractivity contribution in [1.82, 2.24) is 15.1 Å². The van der Waals surface area contributed by atoms with Gasteiger partial charge in [-0.3, -0.25) is 25.1 Å². The molecule has 0 N–H and O–H groups in total. The van der Waals surface area contributed by atoms with Crippen molar-refractivity contribution in [2.24, 2.45) is 0 Å². The third-order valence-electron chi connectivity index (χ3n) is 3.50. The number of hydrogen-bond acceptors (Lipinski definition) is 9. The number of nitro benzene ring substituents is 2. The predicted octanol–water partition coefficient (Wildman–Crippen LogP) is 2.10. The molecule has 0 spiro atoms. The first-order valence-corrected chi connectivity index (χ1v) is 8.25. The van der Waals surface area contributed by atoms with Gasteiger partial charge in [-0.25, -0.2) is 0 Å². The molecular weight excluding hydrogens is 338 g/mol. The third-order valence-corrected chi connectivity index (χ3v) is 4.44. The lowest BCUT2D eigenvalue weighted by Crippen LogP contribution is -2.32. The second-order valence-electron chi connectivity index (χ2n) is 5.14. The molecule has 3 rings (SSSR count). The van der Waals surface area contributed by atoms with E-state index in [1.54, 1.807) is 0 Å². The maximum Gasteiger partial charge on any atom is 0.277 e. The molecule has 0 unspecified atom stereocenters. The van der Waals surface area contributed by atoms with Crippen LogP contribution in [0.25, 0.3) is 11.5 Å². The van der Waals surface area contributed by atoms with Crippen LogP contribution in [-0.2, 0) is 6.54 Å². The number of benzene rings is 1. The molecule has 2 heterocycles. The number of thioether (sulfide) groups is 1. The Morgan fingerprint density at radius 3 is 2.29 bits per heavy atom. The number of aromatic nitrogens is 2. The summed E-state index contributed by atoms with van der Waals surface area (Å²) in [5.74, 6) is 2.49. The molecule has 0 amide bonds. The minimum atomic E-state index is -0.695. The highest BCUT2D eigenvalue weighted by Gasteiger charge is 2.21. The minimum absolute atomic E-state index is 0.0307. The van der Waals surface area contributed by atoms with E-state index in [0.717, 1.165) is 30.7 Å². The highest BCUT2D eigenvalue weighted by Crippen LogP contribution is 2.29. The van der Waals surface area contributed by atoms with Gasteiger partial charge in [0.1, 0.15) is 0 Å². The van der Waals surface area contributed by atoms with Gasteiger partial charge in [0.15, 0.2) is 0 Å². The van der Waals surface area contributed by atoms with E-state index in [1.165, 1.54) is 12.1 Å². The lowest BCUT2D eigenvalue weighted by Gasteiger charge is -2.24. The summed E-state index contributed by atoms with van der Waals surface area (Å²) < 4.78 is 5.53. The van der Waals surface area contributed by atoms with Crippen LogP contribution in [0.5, 0.6) is 0 Å². The van der Waals surface area contributed by atoms with Crippen molar-refractivity contribution >= 4 is 23.1 Å². The van der Waals surface area contributed by atoms with Gasteiger partial charge in [0.25, 0.3) is 11.4 Å². The van der Waals surface area contributed by atoms with E-state index >= 15 is 0 Å². The van der Waals surface area contributed by atoms with Crippen molar-refractivity contribution in [1.29, 1.82) is 0 Å². The van der Waals surface area contributed by atoms with E-state index in [0.29, 0.717) is 12.4 Å². The van der Waals surface area contributed by atoms with Crippen LogP contribution >= 0.6 is 11.8 Å². The fraction of sp³-hybridized carbons (Fsp3) is 0.385. The topological polar surface area (TPSA) is 128 Å². The number of rotatable bonds is 5. The number of nitro groups is 2. The van der Waals surface area contributed by atoms with Gasteiger partial charge < -0.3 is 4.42 Å². The molecule has 1 fully saturated rings. The maximum absolute atomic E-state index is 10.9. The highest BCUT2D eigenvalue weighted by molar-refractivity contribution is 7.99. The lowest BCUT2D eigenvalue weighted by atomic mass is 10.2. The molecule has 1 aliphatic heterocycles. The van der Waals surface area contributed by atoms with Crippen molar-refractivity contribution in [2.45, 2.75) is 6.54 Å². The van der Waals surface area contributed by atoms with Crippen LogP contribution in [0, 0.1) is 20.2 Å². The zero-order chi connectivity index (χ0) is 17.1. The van der Waals surface area contributed by atoms with Gasteiger partial charge >= 0.3 is 0 Å². The average molecular weight is 351 g/mol. The summed E-state index contributed by atoms with van der Waals surface area (Å²) in [6.45, 7) is 2.33. The summed E-state index contributed by atoms with van der Waals surface area (Å²) in [5.41, 5.74) is -0.636. The molecule has 0 aliphatic carbocycles. The minimum Gasteiger partial charge on any atom is -0.419 e. The first-order chi connectivity index (χ1) is 11.5. The monoisotopic (exact) mass is 351 g/mol. The quantitative estimate of drug-likeness (QED) is 0.587. The Bertz CT molecular complexity index is 742. The normalized spacial score (nSPS) is 15.3. The molecule has 2 aromatic rings. The van der Waals surface area contributed by atoms with Crippen molar-refractivity contribution in [3.63, 3.8) is 0 Å². The van der Waals surface area contributed by atoms with Crippen LogP contribution in [-0.4, -0.2) is 49.5 Å². The maximum atomic E-state index is 10.9. The van der Waals surface area contributed by atoms with Gasteiger partial charge in [-0.2, -0.15) is 11.8 Å². The molecule has 1 aromatic heterocycles. The first kappa shape index (κ1) is 16.3. The van der Waals surface area contributed by atoms with Gasteiger partial charge in [-0.05, 0) is 0 Å². The van der Waals surface area contributed by atoms with Gasteiger partial charge in [0.05, 0.1) is 28.0 Å². The van der Waals surface area contributed by atoms with Crippen LogP contribution < -0.4 is 0 Å². The molecule has 0 saturated carbocycles. The highest BCUT2D eigenvalue weighted by atomic mass is 32.2. The number of nitrogens with zero attached hydrogens (tertiary/aromatic N) is 5. The number of hydrogen-bond donors (Lipinski definition) is 0. The Balaban J connectivity index is 1.86. The van der Waals surface area contributed by atoms with Crippen molar-refractivity contribution in [3.8, 4) is 11.5 Å². The Morgan fingerprint density at radius 2 is 1.71 bits per heavy atom. The van der Waals surface area contributed by atoms with Crippen molar-refractivity contribution in [2.75, 3.05) is 24.6 Å². The largest absolute Gasteiger partial charge is 0.419 e. The zero-order valence-electron chi connectivity index (χ0n) is 12.5. The molecule has 11 heteroatoms. The van der Waals surface area contributed by atoms with E-state index in [4.69, 9.17) is 4.42 Å². The molecule has 126 valence electrons. The van der Waals surface area contributed by atoms with Crippen LogP contribution in [0.2, 0.25) is 0 Å². The first-order valence-electron chi connectivity index (χ1n) is 7.09. The summed E-state index contributed by atoms with van der Waals surface area (Å²) in [5, 5.41) is 29.7. The van der Waals surface area contributed by atoms with Crippen LogP contribution in [0.3, 0.4) is 0 Å². The summed E-state index contributed by atoms with van der Waals surface area (Å²) in [6.07, 6.45) is 0. The summed E-state index contributed by atoms with van der Waals surface area (Å²) >= 11 is 1.88. The summed E-state index contributed by atoms with van der Waals surface area (Å²) in [4.78, 5) is 22.6. The van der Waals surface area contributed by atoms with Gasteiger partial charge in [0, 0.05) is 36.7 Å². The van der Waals surface area contributed by atoms with E-state index in [1.807, 2.05) is 11.8 Å². The Labute approximate surface area is 140 Å². The van der Waals surface area contributed by atoms with Crippen molar-refractivity contribution < 1.29 is 14.3 Å². The van der Waals surface area contributed by atoms with Gasteiger partial charge in [0.2, 0.25) is 11.8 Å². The van der Waals surface area contributed by atoms with Gasteiger partial charge in [-0.1, -0.05) is 0 Å². The molecule has 10 nitrogen and oxygen atoms in total. The molecule has 1 aromatic carbocycles. The van der Waals surface area contributed by atoms with Crippen LogP contribution in [0.4, 0.5) is 11.4 Å². The average Bonchev–Trinajstić information content (AvgIpc) is 3.04. The smallest absolute Gasteiger partial charge is 0.277 e. The second-order valence-corrected chi connectivity index (χ2v) is 6.37. The second kappa shape index (κ2) is 6.93. The fourth-order valence-electron chi connectivity index (χ4n) is 2.31. The molecule has 0 bridgehead atoms. The van der Waals surface area contributed by atoms with E-state index in [2.05, 4.69) is 15.1 Å². The standard InChI is InChI=1S/C13H13N5O5S/c19-17(20)10-5-9(6-11(7-10)18(21)22)13-15-14-12(23-13)8-16-1-3-24-4-2-16/h5-7H,1-4,8H2. The third kappa shape index (κ3) is 3.68. The Hall–Kier alpha value is -2.53. The number of non-ortho nitro benzene ring substituents is 2. The Morgan fingerprint density at radius 1 is 1.08 bits per heavy atom. The van der Waals surface area contributed by atoms with E-state index in [-0.39, 0.29) is 11.5 Å². The molecule has 1 saturated heterocycles. The predicted molar refractivity (Wildman–Crippen MR) is 85.6 cm³/mol. The summed E-state index contributed by atoms with van der Waals surface area (Å²) in [6, 6.07) is 3.26. The van der Waals surface area contributed by atoms with Crippen molar-refractivity contribution in [3.05, 3.63) is 44.3 Å². The SMILES string of the molecule is O=[N+]([O-])c1cc(-c2nnc(CN3CCSCC3)o2)cc([N+](=O)[O-])c1. The van der Waals surface area contributed by atoms with Crippen LogP contribution in [0.1, 0.15) is 5.89 Å². The van der Waals surface area contributed by atoms with E-state index < -0.39 is 21.2 Å². The lowest BCUT2D eigenvalue weighted by molar-refractivity contribution is -0.394. The zero-order valence-corrected chi connectivity index (χ0v) is 13.3. The Kier molecular flexibility index (Phi) is 4.71. The van der Waals surface area contributed by atoms with Crippen LogP contribution in [0.15, 0.2) is 22.6 Å². The molecule has 24 heavy (non-hydrogen) atoms. The molecule has 0 radical (unpaired) electrons. The molecule has 0 atom stereocenters. The van der Waals surface area contributed by atoms with E-state index in [9.17, 15) is 20.2 Å².